The van der Waals surface area contributed by atoms with Gasteiger partial charge in [-0.15, -0.1) is 0 Å². The fraction of sp³-hybridized carbons (Fsp3) is 0.812. The van der Waals surface area contributed by atoms with Gasteiger partial charge in [-0.05, 0) is 38.6 Å². The van der Waals surface area contributed by atoms with Gasteiger partial charge in [0.05, 0.1) is 6.61 Å². The summed E-state index contributed by atoms with van der Waals surface area (Å²) >= 11 is 0. The second-order valence-corrected chi connectivity index (χ2v) is 6.35. The third kappa shape index (κ3) is 6.84. The largest absolute Gasteiger partial charge is 0.465 e. The molecule has 0 saturated carbocycles. The molecule has 1 fully saturated rings. The summed E-state index contributed by atoms with van der Waals surface area (Å²) in [6.07, 6.45) is 2.18. The van der Waals surface area contributed by atoms with Crippen LogP contribution in [0.25, 0.3) is 0 Å². The van der Waals surface area contributed by atoms with E-state index in [1.54, 1.807) is 6.92 Å². The Kier molecular flexibility index (Phi) is 8.70. The second kappa shape index (κ2) is 10.2. The van der Waals surface area contributed by atoms with Crippen LogP contribution in [-0.2, 0) is 19.1 Å². The zero-order valence-corrected chi connectivity index (χ0v) is 14.8. The number of ether oxygens (including phenoxy) is 1. The van der Waals surface area contributed by atoms with E-state index in [4.69, 9.17) is 10.5 Å². The molecule has 2 amide bonds. The molecular formula is C16H30N4O4. The fourth-order valence-corrected chi connectivity index (χ4v) is 2.37. The van der Waals surface area contributed by atoms with Crippen molar-refractivity contribution in [3.8, 4) is 0 Å². The number of nitrogens with two attached hydrogens (primary N) is 1. The van der Waals surface area contributed by atoms with Crippen LogP contribution in [0.15, 0.2) is 0 Å². The predicted octanol–water partition coefficient (Wildman–Crippen LogP) is -0.724. The number of hydrogen-bond donors (Lipinski definition) is 4. The quantitative estimate of drug-likeness (QED) is 0.222. The molecule has 8 nitrogen and oxygen atoms in total. The molecule has 1 rings (SSSR count). The van der Waals surface area contributed by atoms with E-state index in [-0.39, 0.29) is 24.3 Å². The van der Waals surface area contributed by atoms with Gasteiger partial charge in [0.25, 0.3) is 0 Å². The van der Waals surface area contributed by atoms with Crippen LogP contribution < -0.4 is 21.7 Å². The third-order valence-electron chi connectivity index (χ3n) is 3.68. The SMILES string of the molecule is CCOC(=O)[C@H]1N[C@@H]1C(=O)N[C@@H](CC(C)C)C(=O)NCCCCN. The van der Waals surface area contributed by atoms with Crippen LogP contribution in [0, 0.1) is 5.92 Å². The van der Waals surface area contributed by atoms with Crippen molar-refractivity contribution in [2.45, 2.75) is 58.2 Å². The first kappa shape index (κ1) is 20.4. The molecule has 138 valence electrons. The Morgan fingerprint density at radius 1 is 1.21 bits per heavy atom. The van der Waals surface area contributed by atoms with Gasteiger partial charge in [-0.3, -0.25) is 19.7 Å². The molecular weight excluding hydrogens is 312 g/mol. The average Bonchev–Trinajstić information content (AvgIpc) is 3.31. The molecule has 0 bridgehead atoms. The van der Waals surface area contributed by atoms with Gasteiger partial charge >= 0.3 is 5.97 Å². The summed E-state index contributed by atoms with van der Waals surface area (Å²) in [6, 6.07) is -1.85. The summed E-state index contributed by atoms with van der Waals surface area (Å²) in [6.45, 7) is 7.07. The molecule has 24 heavy (non-hydrogen) atoms. The minimum absolute atomic E-state index is 0.206. The van der Waals surface area contributed by atoms with Crippen molar-refractivity contribution in [1.29, 1.82) is 0 Å². The molecule has 1 heterocycles. The summed E-state index contributed by atoms with van der Waals surface area (Å²) in [5.74, 6) is -0.749. The van der Waals surface area contributed by atoms with Crippen molar-refractivity contribution in [2.24, 2.45) is 11.7 Å². The molecule has 0 unspecified atom stereocenters. The van der Waals surface area contributed by atoms with Crippen molar-refractivity contribution in [1.82, 2.24) is 16.0 Å². The maximum absolute atomic E-state index is 12.3. The highest BCUT2D eigenvalue weighted by Crippen LogP contribution is 2.14. The number of unbranched alkanes of at least 4 members (excludes halogenated alkanes) is 1. The van der Waals surface area contributed by atoms with E-state index in [1.807, 2.05) is 13.8 Å². The van der Waals surface area contributed by atoms with Crippen LogP contribution in [-0.4, -0.2) is 55.6 Å². The Morgan fingerprint density at radius 3 is 2.50 bits per heavy atom. The van der Waals surface area contributed by atoms with Crippen molar-refractivity contribution >= 4 is 17.8 Å². The van der Waals surface area contributed by atoms with Gasteiger partial charge in [-0.25, -0.2) is 0 Å². The summed E-state index contributed by atoms with van der Waals surface area (Å²) < 4.78 is 4.87. The number of esters is 1. The molecule has 5 N–H and O–H groups in total. The summed E-state index contributed by atoms with van der Waals surface area (Å²) in [4.78, 5) is 36.1. The Bertz CT molecular complexity index is 442. The smallest absolute Gasteiger partial charge is 0.325 e. The highest BCUT2D eigenvalue weighted by Gasteiger charge is 2.49. The Hall–Kier alpha value is -1.67. The number of carbonyl (C=O) groups excluding carboxylic acids is 3. The molecule has 3 atom stereocenters. The lowest BCUT2D eigenvalue weighted by atomic mass is 10.0. The maximum Gasteiger partial charge on any atom is 0.325 e. The molecule has 1 aliphatic rings. The first-order valence-corrected chi connectivity index (χ1v) is 8.61. The van der Waals surface area contributed by atoms with Crippen molar-refractivity contribution < 1.29 is 19.1 Å². The molecule has 0 radical (unpaired) electrons. The Labute approximate surface area is 143 Å². The van der Waals surface area contributed by atoms with Gasteiger partial charge in [0, 0.05) is 6.54 Å². The number of hydrogen-bond acceptors (Lipinski definition) is 6. The molecule has 0 aromatic rings. The maximum atomic E-state index is 12.3. The predicted molar refractivity (Wildman–Crippen MR) is 90.0 cm³/mol. The van der Waals surface area contributed by atoms with E-state index in [9.17, 15) is 14.4 Å². The zero-order valence-electron chi connectivity index (χ0n) is 14.8. The van der Waals surface area contributed by atoms with E-state index in [0.29, 0.717) is 19.5 Å². The van der Waals surface area contributed by atoms with Gasteiger partial charge in [-0.2, -0.15) is 0 Å². The molecule has 0 aliphatic carbocycles. The van der Waals surface area contributed by atoms with E-state index >= 15 is 0 Å². The lowest BCUT2D eigenvalue weighted by Crippen LogP contribution is -2.49. The van der Waals surface area contributed by atoms with Crippen LogP contribution in [0.4, 0.5) is 0 Å². The van der Waals surface area contributed by atoms with Gasteiger partial charge in [0.2, 0.25) is 11.8 Å². The number of rotatable bonds is 11. The lowest BCUT2D eigenvalue weighted by molar-refractivity contribution is -0.143. The summed E-state index contributed by atoms with van der Waals surface area (Å²) in [5, 5.41) is 8.33. The van der Waals surface area contributed by atoms with Gasteiger partial charge in [-0.1, -0.05) is 13.8 Å². The van der Waals surface area contributed by atoms with Crippen molar-refractivity contribution in [3.05, 3.63) is 0 Å². The molecule has 0 aromatic carbocycles. The van der Waals surface area contributed by atoms with Crippen LogP contribution >= 0.6 is 0 Å². The number of nitrogens with one attached hydrogen (secondary N) is 3. The topological polar surface area (TPSA) is 132 Å². The van der Waals surface area contributed by atoms with Gasteiger partial charge in [0.1, 0.15) is 18.1 Å². The van der Waals surface area contributed by atoms with E-state index < -0.39 is 24.1 Å². The number of amides is 2. The second-order valence-electron chi connectivity index (χ2n) is 6.35. The summed E-state index contributed by atoms with van der Waals surface area (Å²) in [7, 11) is 0. The standard InChI is InChI=1S/C16H30N4O4/c1-4-24-16(23)13-12(20-13)15(22)19-11(9-10(2)3)14(21)18-8-6-5-7-17/h10-13,20H,4-9,17H2,1-3H3,(H,18,21)(H,19,22)/t11-,12-,13-/m0/s1. The monoisotopic (exact) mass is 342 g/mol. The van der Waals surface area contributed by atoms with E-state index in [2.05, 4.69) is 16.0 Å². The third-order valence-corrected chi connectivity index (χ3v) is 3.68. The minimum Gasteiger partial charge on any atom is -0.465 e. The van der Waals surface area contributed by atoms with Crippen LogP contribution in [0.1, 0.15) is 40.0 Å². The molecule has 1 saturated heterocycles. The molecule has 0 aromatic heterocycles. The normalized spacial score (nSPS) is 20.4. The first-order valence-electron chi connectivity index (χ1n) is 8.61. The van der Waals surface area contributed by atoms with Crippen LogP contribution in [0.3, 0.4) is 0 Å². The Morgan fingerprint density at radius 2 is 1.92 bits per heavy atom. The van der Waals surface area contributed by atoms with E-state index in [1.165, 1.54) is 0 Å². The minimum atomic E-state index is -0.622. The highest BCUT2D eigenvalue weighted by atomic mass is 16.5. The van der Waals surface area contributed by atoms with Gasteiger partial charge in [0.15, 0.2) is 0 Å². The summed E-state index contributed by atoms with van der Waals surface area (Å²) in [5.41, 5.74) is 5.42. The fourth-order valence-electron chi connectivity index (χ4n) is 2.37. The van der Waals surface area contributed by atoms with Crippen LogP contribution in [0.5, 0.6) is 0 Å². The molecule has 1 aliphatic heterocycles. The van der Waals surface area contributed by atoms with E-state index in [0.717, 1.165) is 12.8 Å². The Balaban J connectivity index is 2.49. The first-order chi connectivity index (χ1) is 11.4. The molecule has 8 heteroatoms. The lowest BCUT2D eigenvalue weighted by Gasteiger charge is -2.20. The van der Waals surface area contributed by atoms with Crippen LogP contribution in [0.2, 0.25) is 0 Å². The number of carbonyl (C=O) groups is 3. The zero-order chi connectivity index (χ0) is 18.1. The average molecular weight is 342 g/mol. The van der Waals surface area contributed by atoms with Gasteiger partial charge < -0.3 is 21.1 Å². The van der Waals surface area contributed by atoms with Crippen molar-refractivity contribution in [2.75, 3.05) is 19.7 Å². The highest BCUT2D eigenvalue weighted by molar-refractivity contribution is 5.97. The van der Waals surface area contributed by atoms with Crippen molar-refractivity contribution in [3.63, 3.8) is 0 Å². The molecule has 0 spiro atoms.